The van der Waals surface area contributed by atoms with Gasteiger partial charge in [-0.2, -0.15) is 5.10 Å². The van der Waals surface area contributed by atoms with Crippen molar-refractivity contribution in [3.05, 3.63) is 59.9 Å². The van der Waals surface area contributed by atoms with E-state index in [-0.39, 0.29) is 0 Å². The van der Waals surface area contributed by atoms with Gasteiger partial charge in [-0.3, -0.25) is 0 Å². The Balaban J connectivity index is 2.12. The van der Waals surface area contributed by atoms with Crippen LogP contribution in [0, 0.1) is 0 Å². The Morgan fingerprint density at radius 2 is 1.93 bits per heavy atom. The lowest BCUT2D eigenvalue weighted by molar-refractivity contribution is 0.778. The van der Waals surface area contributed by atoms with E-state index < -0.39 is 0 Å². The third kappa shape index (κ3) is 1.38. The predicted octanol–water partition coefficient (Wildman–Crippen LogP) is 2.72. The molecule has 1 aliphatic heterocycles. The first-order chi connectivity index (χ1) is 7.45. The number of aromatic nitrogens is 2. The average Bonchev–Trinajstić information content (AvgIpc) is 2.78. The van der Waals surface area contributed by atoms with Gasteiger partial charge in [0.1, 0.15) is 0 Å². The third-order valence-electron chi connectivity index (χ3n) is 2.76. The lowest BCUT2D eigenvalue weighted by Gasteiger charge is -2.16. The summed E-state index contributed by atoms with van der Waals surface area (Å²) in [6.07, 6.45) is 6.33. The summed E-state index contributed by atoms with van der Waals surface area (Å²) in [4.78, 5) is 0. The van der Waals surface area contributed by atoms with Crippen LogP contribution in [-0.4, -0.2) is 9.78 Å². The monoisotopic (exact) mass is 196 g/mol. The number of rotatable bonds is 1. The van der Waals surface area contributed by atoms with E-state index in [1.165, 1.54) is 17.0 Å². The molecule has 1 aromatic carbocycles. The van der Waals surface area contributed by atoms with Crippen LogP contribution >= 0.6 is 0 Å². The number of nitrogens with zero attached hydrogens (tertiary/aromatic N) is 2. The standard InChI is InChI=1S/C13H12N2/c1-2-5-11(6-3-1)13-8-4-7-12-9-10-14-15(12)13/h1-3,5-6,8-10H,4,7H2. The van der Waals surface area contributed by atoms with Crippen molar-refractivity contribution in [3.8, 4) is 0 Å². The number of allylic oxidation sites excluding steroid dienone is 1. The maximum Gasteiger partial charge on any atom is 0.0681 e. The molecule has 0 unspecified atom stereocenters. The topological polar surface area (TPSA) is 17.8 Å². The zero-order valence-electron chi connectivity index (χ0n) is 8.43. The average molecular weight is 196 g/mol. The minimum absolute atomic E-state index is 1.09. The Labute approximate surface area is 88.9 Å². The van der Waals surface area contributed by atoms with E-state index in [1.807, 2.05) is 16.9 Å². The Kier molecular flexibility index (Phi) is 1.91. The van der Waals surface area contributed by atoms with Crippen molar-refractivity contribution in [2.75, 3.05) is 0 Å². The highest BCUT2D eigenvalue weighted by molar-refractivity contribution is 5.66. The normalized spacial score (nSPS) is 14.5. The SMILES string of the molecule is C1=C(c2ccccc2)n2nccc2CC1. The molecule has 0 atom stereocenters. The molecule has 3 rings (SSSR count). The lowest BCUT2D eigenvalue weighted by Crippen LogP contribution is -2.09. The number of hydrogen-bond donors (Lipinski definition) is 0. The Hall–Kier alpha value is -1.83. The van der Waals surface area contributed by atoms with Crippen molar-refractivity contribution >= 4 is 5.70 Å². The molecule has 0 aliphatic carbocycles. The first-order valence-corrected chi connectivity index (χ1v) is 5.24. The van der Waals surface area contributed by atoms with Gasteiger partial charge >= 0.3 is 0 Å². The zero-order chi connectivity index (χ0) is 10.1. The minimum atomic E-state index is 1.09. The summed E-state index contributed by atoms with van der Waals surface area (Å²) in [5, 5.41) is 4.36. The second kappa shape index (κ2) is 3.39. The highest BCUT2D eigenvalue weighted by Gasteiger charge is 2.12. The molecule has 0 spiro atoms. The maximum absolute atomic E-state index is 4.36. The second-order valence-corrected chi connectivity index (χ2v) is 3.73. The van der Waals surface area contributed by atoms with Crippen molar-refractivity contribution in [1.29, 1.82) is 0 Å². The van der Waals surface area contributed by atoms with Crippen molar-refractivity contribution in [2.45, 2.75) is 12.8 Å². The largest absolute Gasteiger partial charge is 0.238 e. The van der Waals surface area contributed by atoms with E-state index >= 15 is 0 Å². The van der Waals surface area contributed by atoms with Gasteiger partial charge in [0.25, 0.3) is 0 Å². The first-order valence-electron chi connectivity index (χ1n) is 5.24. The molecule has 74 valence electrons. The third-order valence-corrected chi connectivity index (χ3v) is 2.76. The van der Waals surface area contributed by atoms with Crippen LogP contribution in [-0.2, 0) is 6.42 Å². The highest BCUT2D eigenvalue weighted by atomic mass is 15.3. The summed E-state index contributed by atoms with van der Waals surface area (Å²) in [5.74, 6) is 0. The van der Waals surface area contributed by atoms with Crippen LogP contribution < -0.4 is 0 Å². The molecule has 1 aliphatic rings. The van der Waals surface area contributed by atoms with Gasteiger partial charge in [0.15, 0.2) is 0 Å². The van der Waals surface area contributed by atoms with Gasteiger partial charge in [0, 0.05) is 11.9 Å². The van der Waals surface area contributed by atoms with Crippen molar-refractivity contribution in [2.24, 2.45) is 0 Å². The van der Waals surface area contributed by atoms with Crippen LogP contribution in [0.15, 0.2) is 48.7 Å². The molecule has 1 aromatic heterocycles. The van der Waals surface area contributed by atoms with Crippen LogP contribution in [0.1, 0.15) is 17.7 Å². The molecule has 0 N–H and O–H groups in total. The fourth-order valence-electron chi connectivity index (χ4n) is 2.03. The number of aryl methyl sites for hydroxylation is 1. The van der Waals surface area contributed by atoms with E-state index in [0.717, 1.165) is 12.8 Å². The van der Waals surface area contributed by atoms with E-state index in [9.17, 15) is 0 Å². The fraction of sp³-hybridized carbons (Fsp3) is 0.154. The summed E-state index contributed by atoms with van der Waals surface area (Å²) in [7, 11) is 0. The molecule has 0 saturated carbocycles. The Morgan fingerprint density at radius 1 is 1.07 bits per heavy atom. The van der Waals surface area contributed by atoms with E-state index in [0.29, 0.717) is 0 Å². The highest BCUT2D eigenvalue weighted by Crippen LogP contribution is 2.23. The van der Waals surface area contributed by atoms with Gasteiger partial charge in [-0.25, -0.2) is 4.68 Å². The van der Waals surface area contributed by atoms with Crippen LogP contribution in [0.3, 0.4) is 0 Å². The molecule has 0 bridgehead atoms. The van der Waals surface area contributed by atoms with Crippen LogP contribution in [0.5, 0.6) is 0 Å². The van der Waals surface area contributed by atoms with E-state index in [2.05, 4.69) is 41.5 Å². The Bertz CT molecular complexity index is 494. The first kappa shape index (κ1) is 8.48. The van der Waals surface area contributed by atoms with E-state index in [4.69, 9.17) is 0 Å². The van der Waals surface area contributed by atoms with Crippen LogP contribution in [0.25, 0.3) is 5.70 Å². The van der Waals surface area contributed by atoms with Crippen LogP contribution in [0.2, 0.25) is 0 Å². The molecule has 2 heteroatoms. The van der Waals surface area contributed by atoms with Gasteiger partial charge in [-0.15, -0.1) is 0 Å². The summed E-state index contributed by atoms with van der Waals surface area (Å²) in [6.45, 7) is 0. The zero-order valence-corrected chi connectivity index (χ0v) is 8.43. The molecule has 0 amide bonds. The molecule has 0 saturated heterocycles. The number of hydrogen-bond acceptors (Lipinski definition) is 1. The molecule has 15 heavy (non-hydrogen) atoms. The van der Waals surface area contributed by atoms with Gasteiger partial charge in [-0.05, 0) is 24.5 Å². The van der Waals surface area contributed by atoms with Gasteiger partial charge < -0.3 is 0 Å². The fourth-order valence-corrected chi connectivity index (χ4v) is 2.03. The number of fused-ring (bicyclic) bond motifs is 1. The molecular weight excluding hydrogens is 184 g/mol. The smallest absolute Gasteiger partial charge is 0.0681 e. The van der Waals surface area contributed by atoms with Crippen molar-refractivity contribution in [1.82, 2.24) is 9.78 Å². The van der Waals surface area contributed by atoms with Gasteiger partial charge in [0.05, 0.1) is 5.70 Å². The molecule has 2 aromatic rings. The van der Waals surface area contributed by atoms with Gasteiger partial charge in [-0.1, -0.05) is 36.4 Å². The molecule has 2 nitrogen and oxygen atoms in total. The summed E-state index contributed by atoms with van der Waals surface area (Å²) < 4.78 is 2.04. The van der Waals surface area contributed by atoms with Crippen molar-refractivity contribution in [3.63, 3.8) is 0 Å². The van der Waals surface area contributed by atoms with E-state index in [1.54, 1.807) is 0 Å². The minimum Gasteiger partial charge on any atom is -0.238 e. The Morgan fingerprint density at radius 3 is 2.80 bits per heavy atom. The molecular formula is C13H12N2. The predicted molar refractivity (Wildman–Crippen MR) is 60.4 cm³/mol. The lowest BCUT2D eigenvalue weighted by atomic mass is 10.1. The van der Waals surface area contributed by atoms with Gasteiger partial charge in [0.2, 0.25) is 0 Å². The quantitative estimate of drug-likeness (QED) is 0.685. The summed E-state index contributed by atoms with van der Waals surface area (Å²) in [6, 6.07) is 12.5. The second-order valence-electron chi connectivity index (χ2n) is 3.73. The number of benzene rings is 1. The molecule has 0 fully saturated rings. The summed E-state index contributed by atoms with van der Waals surface area (Å²) >= 11 is 0. The van der Waals surface area contributed by atoms with Crippen LogP contribution in [0.4, 0.5) is 0 Å². The molecule has 0 radical (unpaired) electrons. The summed E-state index contributed by atoms with van der Waals surface area (Å²) in [5.41, 5.74) is 3.75. The van der Waals surface area contributed by atoms with Crippen molar-refractivity contribution < 1.29 is 0 Å². The maximum atomic E-state index is 4.36. The molecule has 2 heterocycles.